The highest BCUT2D eigenvalue weighted by Gasteiger charge is 2.33. The van der Waals surface area contributed by atoms with E-state index in [1.807, 2.05) is 42.7 Å². The van der Waals surface area contributed by atoms with Crippen LogP contribution in [0.15, 0.2) is 48.5 Å². The van der Waals surface area contributed by atoms with Crippen LogP contribution in [-0.4, -0.2) is 33.3 Å². The molecule has 2 heterocycles. The van der Waals surface area contributed by atoms with Gasteiger partial charge in [-0.15, -0.1) is 0 Å². The fraction of sp³-hybridized carbons (Fsp3) is 0.346. The van der Waals surface area contributed by atoms with Crippen LogP contribution < -0.4 is 5.32 Å². The molecule has 0 bridgehead atoms. The minimum Gasteiger partial charge on any atom is -0.476 e. The van der Waals surface area contributed by atoms with E-state index >= 15 is 0 Å². The third-order valence-electron chi connectivity index (χ3n) is 6.61. The molecule has 0 spiro atoms. The van der Waals surface area contributed by atoms with Gasteiger partial charge < -0.3 is 19.7 Å². The first-order chi connectivity index (χ1) is 16.0. The second kappa shape index (κ2) is 8.39. The summed E-state index contributed by atoms with van der Waals surface area (Å²) in [5, 5.41) is 12.5. The van der Waals surface area contributed by atoms with Gasteiger partial charge in [0.05, 0.1) is 11.7 Å². The van der Waals surface area contributed by atoms with Crippen molar-refractivity contribution in [2.75, 3.05) is 6.61 Å². The fourth-order valence-corrected chi connectivity index (χ4v) is 5.23. The molecule has 1 aliphatic carbocycles. The molecule has 1 aromatic heterocycles. The molecule has 0 saturated heterocycles. The van der Waals surface area contributed by atoms with Gasteiger partial charge in [0.25, 0.3) is 0 Å². The zero-order valence-electron chi connectivity index (χ0n) is 18.7. The number of nitrogens with one attached hydrogen (secondary N) is 1. The predicted octanol–water partition coefficient (Wildman–Crippen LogP) is 5.08. The van der Waals surface area contributed by atoms with Crippen molar-refractivity contribution < 1.29 is 19.4 Å². The van der Waals surface area contributed by atoms with Gasteiger partial charge in [-0.2, -0.15) is 0 Å². The minimum absolute atomic E-state index is 0.0114. The zero-order chi connectivity index (χ0) is 23.1. The molecule has 7 heteroatoms. The van der Waals surface area contributed by atoms with Gasteiger partial charge in [0.2, 0.25) is 0 Å². The van der Waals surface area contributed by atoms with Gasteiger partial charge in [0, 0.05) is 12.5 Å². The van der Waals surface area contributed by atoms with Crippen molar-refractivity contribution in [2.24, 2.45) is 0 Å². The van der Waals surface area contributed by atoms with E-state index in [2.05, 4.69) is 34.6 Å². The maximum atomic E-state index is 12.8. The van der Waals surface area contributed by atoms with Gasteiger partial charge in [0.1, 0.15) is 12.4 Å². The van der Waals surface area contributed by atoms with E-state index in [1.54, 1.807) is 0 Å². The number of nitrogens with zero attached hydrogens (tertiary/aromatic N) is 2. The largest absolute Gasteiger partial charge is 0.476 e. The minimum atomic E-state index is -1.04. The Morgan fingerprint density at radius 1 is 1.12 bits per heavy atom. The molecular formula is C26H27N3O4. The van der Waals surface area contributed by atoms with Gasteiger partial charge in [-0.3, -0.25) is 0 Å². The number of amides is 1. The van der Waals surface area contributed by atoms with E-state index in [-0.39, 0.29) is 30.2 Å². The highest BCUT2D eigenvalue weighted by atomic mass is 16.5. The molecule has 1 atom stereocenters. The van der Waals surface area contributed by atoms with Crippen LogP contribution in [0.4, 0.5) is 4.79 Å². The first-order valence-corrected chi connectivity index (χ1v) is 11.4. The van der Waals surface area contributed by atoms with E-state index < -0.39 is 12.1 Å². The van der Waals surface area contributed by atoms with Gasteiger partial charge in [-0.05, 0) is 41.0 Å². The first-order valence-electron chi connectivity index (χ1n) is 11.4. The molecular weight excluding hydrogens is 418 g/mol. The summed E-state index contributed by atoms with van der Waals surface area (Å²) in [5.41, 5.74) is 5.45. The predicted molar refractivity (Wildman–Crippen MR) is 123 cm³/mol. The van der Waals surface area contributed by atoms with Crippen LogP contribution in [0.3, 0.4) is 0 Å². The van der Waals surface area contributed by atoms with Crippen LogP contribution >= 0.6 is 0 Å². The molecule has 7 nitrogen and oxygen atoms in total. The van der Waals surface area contributed by atoms with E-state index in [4.69, 9.17) is 4.74 Å². The Kier molecular flexibility index (Phi) is 5.40. The number of hydrogen-bond acceptors (Lipinski definition) is 4. The van der Waals surface area contributed by atoms with Gasteiger partial charge in [0.15, 0.2) is 5.69 Å². The summed E-state index contributed by atoms with van der Waals surface area (Å²) >= 11 is 0. The molecule has 1 aliphatic heterocycles. The number of carbonyl (C=O) groups is 2. The number of benzene rings is 2. The van der Waals surface area contributed by atoms with Gasteiger partial charge >= 0.3 is 12.1 Å². The maximum Gasteiger partial charge on any atom is 0.407 e. The average molecular weight is 446 g/mol. The quantitative estimate of drug-likeness (QED) is 0.571. The monoisotopic (exact) mass is 445 g/mol. The normalized spacial score (nSPS) is 16.8. The van der Waals surface area contributed by atoms with Crippen LogP contribution in [0.1, 0.15) is 77.7 Å². The zero-order valence-corrected chi connectivity index (χ0v) is 18.7. The Bertz CT molecular complexity index is 1180. The maximum absolute atomic E-state index is 12.8. The number of fused-ring (bicyclic) bond motifs is 4. The van der Waals surface area contributed by atoms with E-state index in [0.29, 0.717) is 24.5 Å². The van der Waals surface area contributed by atoms with Gasteiger partial charge in [-0.1, -0.05) is 62.4 Å². The number of ether oxygens (including phenoxy) is 1. The smallest absolute Gasteiger partial charge is 0.407 e. The summed E-state index contributed by atoms with van der Waals surface area (Å²) in [4.78, 5) is 28.9. The topological polar surface area (TPSA) is 93.5 Å². The van der Waals surface area contributed by atoms with E-state index in [0.717, 1.165) is 17.5 Å². The molecule has 2 aromatic carbocycles. The molecule has 2 N–H and O–H groups in total. The number of carbonyl (C=O) groups excluding carboxylic acids is 1. The van der Waals surface area contributed by atoms with Crippen molar-refractivity contribution >= 4 is 12.1 Å². The molecule has 2 aliphatic rings. The Morgan fingerprint density at radius 3 is 2.36 bits per heavy atom. The summed E-state index contributed by atoms with van der Waals surface area (Å²) in [7, 11) is 0. The molecule has 0 unspecified atom stereocenters. The second-order valence-corrected chi connectivity index (χ2v) is 8.98. The number of aromatic carboxylic acids is 1. The summed E-state index contributed by atoms with van der Waals surface area (Å²) in [5.74, 6) is -0.440. The Labute approximate surface area is 192 Å². The molecule has 0 saturated carbocycles. The van der Waals surface area contributed by atoms with Crippen LogP contribution in [0.25, 0.3) is 11.1 Å². The summed E-state index contributed by atoms with van der Waals surface area (Å²) in [6.45, 7) is 4.85. The third-order valence-corrected chi connectivity index (χ3v) is 6.61. The third kappa shape index (κ3) is 3.67. The first kappa shape index (κ1) is 21.2. The number of carboxylic acids is 1. The van der Waals surface area contributed by atoms with Crippen LogP contribution in [0.5, 0.6) is 0 Å². The Morgan fingerprint density at radius 2 is 1.76 bits per heavy atom. The van der Waals surface area contributed by atoms with Gasteiger partial charge in [-0.25, -0.2) is 14.6 Å². The van der Waals surface area contributed by atoms with Crippen molar-refractivity contribution in [3.63, 3.8) is 0 Å². The number of carboxylic acid groups (broad SMARTS) is 1. The lowest BCUT2D eigenvalue weighted by molar-refractivity contribution is 0.0689. The van der Waals surface area contributed by atoms with Crippen molar-refractivity contribution in [3.05, 3.63) is 76.9 Å². The number of aromatic nitrogens is 2. The number of hydrogen-bond donors (Lipinski definition) is 2. The highest BCUT2D eigenvalue weighted by molar-refractivity contribution is 5.87. The lowest BCUT2D eigenvalue weighted by Gasteiger charge is -2.26. The molecule has 3 aromatic rings. The second-order valence-electron chi connectivity index (χ2n) is 8.98. The molecule has 1 amide bonds. The highest BCUT2D eigenvalue weighted by Crippen LogP contribution is 2.44. The average Bonchev–Trinajstić information content (AvgIpc) is 3.35. The summed E-state index contributed by atoms with van der Waals surface area (Å²) in [6.07, 6.45) is 1.01. The van der Waals surface area contributed by atoms with Crippen molar-refractivity contribution in [3.8, 4) is 11.1 Å². The summed E-state index contributed by atoms with van der Waals surface area (Å²) < 4.78 is 7.64. The fourth-order valence-electron chi connectivity index (χ4n) is 5.23. The molecule has 170 valence electrons. The van der Waals surface area contributed by atoms with Crippen LogP contribution in [0.2, 0.25) is 0 Å². The molecule has 33 heavy (non-hydrogen) atoms. The Hall–Kier alpha value is -3.61. The number of rotatable bonds is 5. The van der Waals surface area contributed by atoms with Crippen LogP contribution in [0, 0.1) is 0 Å². The standard InChI is InChI=1S/C26H27N3O4/c1-15(2)23-22(25(30)31)28-24-21(12-7-13-29(23)24)27-26(32)33-14-20-18-10-5-3-8-16(18)17-9-4-6-11-19(17)20/h3-6,8-11,15,20-21H,7,12-14H2,1-2H3,(H,27,32)(H,30,31)/t21-/m1/s1. The lowest BCUT2D eigenvalue weighted by Crippen LogP contribution is -2.34. The van der Waals surface area contributed by atoms with Crippen LogP contribution in [-0.2, 0) is 11.3 Å². The van der Waals surface area contributed by atoms with E-state index in [1.165, 1.54) is 11.1 Å². The van der Waals surface area contributed by atoms with Crippen molar-refractivity contribution in [2.45, 2.75) is 51.1 Å². The van der Waals surface area contributed by atoms with Crippen molar-refractivity contribution in [1.29, 1.82) is 0 Å². The Balaban J connectivity index is 1.33. The number of imidazole rings is 1. The molecule has 5 rings (SSSR count). The SMILES string of the molecule is CC(C)c1c(C(=O)O)nc2n1CCC[C@H]2NC(=O)OCC1c2ccccc2-c2ccccc21. The van der Waals surface area contributed by atoms with E-state index in [9.17, 15) is 14.7 Å². The lowest BCUT2D eigenvalue weighted by atomic mass is 9.98. The number of alkyl carbamates (subject to hydrolysis) is 1. The molecule has 0 fully saturated rings. The molecule has 0 radical (unpaired) electrons. The van der Waals surface area contributed by atoms with Crippen molar-refractivity contribution in [1.82, 2.24) is 14.9 Å². The summed E-state index contributed by atoms with van der Waals surface area (Å²) in [6, 6.07) is 16.0.